The van der Waals surface area contributed by atoms with E-state index in [4.69, 9.17) is 0 Å². The fourth-order valence-corrected chi connectivity index (χ4v) is 3.48. The molecule has 1 aliphatic heterocycles. The number of hydrogen-bond acceptors (Lipinski definition) is 3. The van der Waals surface area contributed by atoms with E-state index in [1.807, 2.05) is 12.3 Å². The Bertz CT molecular complexity index is 769. The topological polar surface area (TPSA) is 81.8 Å². The second-order valence-electron chi connectivity index (χ2n) is 6.91. The number of amides is 1. The second kappa shape index (κ2) is 6.26. The van der Waals surface area contributed by atoms with E-state index >= 15 is 0 Å². The Morgan fingerprint density at radius 3 is 2.62 bits per heavy atom. The molecule has 0 spiro atoms. The number of rotatable bonds is 4. The minimum Gasteiger partial charge on any atom is -0.349 e. The number of imidazole rings is 1. The van der Waals surface area contributed by atoms with Gasteiger partial charge in [0, 0.05) is 37.6 Å². The molecule has 3 heterocycles. The number of carbonyl (C=O) groups is 1. The van der Waals surface area contributed by atoms with Gasteiger partial charge >= 0.3 is 0 Å². The van der Waals surface area contributed by atoms with Crippen LogP contribution in [0.15, 0.2) is 29.3 Å². The molecular formula is C18H22N4O2. The molecule has 0 bridgehead atoms. The Labute approximate surface area is 140 Å². The number of carbonyl (C=O) groups excluding carboxylic acids is 1. The first-order valence-electron chi connectivity index (χ1n) is 8.71. The fraction of sp³-hybridized carbons (Fsp3) is 0.500. The first-order valence-corrected chi connectivity index (χ1v) is 8.71. The third-order valence-corrected chi connectivity index (χ3v) is 5.12. The van der Waals surface area contributed by atoms with Crippen LogP contribution in [0, 0.1) is 5.92 Å². The minimum absolute atomic E-state index is 0.143. The quantitative estimate of drug-likeness (QED) is 0.902. The summed E-state index contributed by atoms with van der Waals surface area (Å²) in [6.45, 7) is 1.40. The van der Waals surface area contributed by atoms with Crippen LogP contribution in [-0.2, 0) is 6.42 Å². The average Bonchev–Trinajstić information content (AvgIpc) is 3.33. The average molecular weight is 326 g/mol. The highest BCUT2D eigenvalue weighted by Crippen LogP contribution is 2.38. The zero-order valence-electron chi connectivity index (χ0n) is 13.6. The van der Waals surface area contributed by atoms with Crippen LogP contribution in [0.4, 0.5) is 0 Å². The van der Waals surface area contributed by atoms with Crippen molar-refractivity contribution in [2.45, 2.75) is 38.0 Å². The van der Waals surface area contributed by atoms with Gasteiger partial charge in [0.2, 0.25) is 0 Å². The summed E-state index contributed by atoms with van der Waals surface area (Å²) in [4.78, 5) is 36.9. The van der Waals surface area contributed by atoms with Crippen molar-refractivity contribution in [2.24, 2.45) is 5.92 Å². The molecule has 2 N–H and O–H groups in total. The van der Waals surface area contributed by atoms with Gasteiger partial charge in [-0.25, -0.2) is 4.98 Å². The van der Waals surface area contributed by atoms with Gasteiger partial charge in [0.05, 0.1) is 0 Å². The van der Waals surface area contributed by atoms with E-state index < -0.39 is 0 Å². The van der Waals surface area contributed by atoms with Crippen molar-refractivity contribution in [2.75, 3.05) is 13.1 Å². The lowest BCUT2D eigenvalue weighted by atomic mass is 9.93. The number of piperidine rings is 1. The van der Waals surface area contributed by atoms with E-state index in [9.17, 15) is 9.59 Å². The molecule has 0 unspecified atom stereocenters. The predicted molar refractivity (Wildman–Crippen MR) is 90.0 cm³/mol. The van der Waals surface area contributed by atoms with E-state index in [1.165, 1.54) is 0 Å². The molecule has 2 aromatic heterocycles. The number of nitrogens with one attached hydrogen (secondary N) is 2. The Hall–Kier alpha value is -2.37. The van der Waals surface area contributed by atoms with Crippen molar-refractivity contribution in [3.8, 4) is 0 Å². The number of H-pyrrole nitrogens is 2. The number of hydrogen-bond donors (Lipinski definition) is 2. The molecule has 1 aliphatic carbocycles. The number of aromatic amines is 2. The van der Waals surface area contributed by atoms with Crippen LogP contribution in [0.5, 0.6) is 0 Å². The molecule has 0 radical (unpaired) electrons. The molecule has 1 amide bonds. The fourth-order valence-electron chi connectivity index (χ4n) is 3.48. The Kier molecular flexibility index (Phi) is 3.96. The molecule has 2 fully saturated rings. The smallest absolute Gasteiger partial charge is 0.261 e. The van der Waals surface area contributed by atoms with Crippen LogP contribution in [0.25, 0.3) is 0 Å². The van der Waals surface area contributed by atoms with Gasteiger partial charge in [0.1, 0.15) is 11.4 Å². The van der Waals surface area contributed by atoms with Crippen LogP contribution < -0.4 is 5.56 Å². The molecule has 2 aliphatic rings. The van der Waals surface area contributed by atoms with Crippen molar-refractivity contribution in [3.63, 3.8) is 0 Å². The highest BCUT2D eigenvalue weighted by molar-refractivity contribution is 5.93. The van der Waals surface area contributed by atoms with E-state index in [2.05, 4.69) is 15.0 Å². The van der Waals surface area contributed by atoms with Crippen LogP contribution in [-0.4, -0.2) is 38.8 Å². The molecule has 126 valence electrons. The second-order valence-corrected chi connectivity index (χ2v) is 6.91. The van der Waals surface area contributed by atoms with Crippen LogP contribution >= 0.6 is 0 Å². The maximum atomic E-state index is 12.6. The first-order chi connectivity index (χ1) is 11.7. The molecular weight excluding hydrogens is 304 g/mol. The van der Waals surface area contributed by atoms with Gasteiger partial charge in [-0.05, 0) is 49.7 Å². The molecule has 24 heavy (non-hydrogen) atoms. The Morgan fingerprint density at radius 2 is 2.00 bits per heavy atom. The maximum Gasteiger partial charge on any atom is 0.261 e. The summed E-state index contributed by atoms with van der Waals surface area (Å²) in [5.41, 5.74) is 0.986. The first kappa shape index (κ1) is 15.2. The lowest BCUT2D eigenvalue weighted by Gasteiger charge is -2.31. The summed E-state index contributed by atoms with van der Waals surface area (Å²) in [6.07, 6.45) is 8.69. The van der Waals surface area contributed by atoms with Crippen LogP contribution in [0.2, 0.25) is 0 Å². The zero-order valence-corrected chi connectivity index (χ0v) is 13.6. The third kappa shape index (κ3) is 3.13. The standard InChI is InChI=1S/C18H22N4O2/c23-17-14(3-4-15(21-17)13-1-2-13)18(24)22-9-5-12(6-10-22)11-16-19-7-8-20-16/h3-4,7-8,12-13H,1-2,5-6,9-11H2,(H,19,20)(H,21,23). The molecule has 6 heteroatoms. The van der Waals surface area contributed by atoms with Gasteiger partial charge in [-0.1, -0.05) is 0 Å². The Balaban J connectivity index is 1.38. The summed E-state index contributed by atoms with van der Waals surface area (Å²) in [5, 5.41) is 0. The third-order valence-electron chi connectivity index (χ3n) is 5.12. The zero-order chi connectivity index (χ0) is 16.5. The summed E-state index contributed by atoms with van der Waals surface area (Å²) >= 11 is 0. The monoisotopic (exact) mass is 326 g/mol. The molecule has 0 atom stereocenters. The van der Waals surface area contributed by atoms with E-state index in [0.29, 0.717) is 24.9 Å². The van der Waals surface area contributed by atoms with Gasteiger partial charge in [-0.2, -0.15) is 0 Å². The minimum atomic E-state index is -0.248. The van der Waals surface area contributed by atoms with Gasteiger partial charge < -0.3 is 14.9 Å². The van der Waals surface area contributed by atoms with Gasteiger partial charge in [0.15, 0.2) is 0 Å². The molecule has 1 saturated carbocycles. The van der Waals surface area contributed by atoms with E-state index in [-0.39, 0.29) is 17.0 Å². The van der Waals surface area contributed by atoms with Crippen molar-refractivity contribution in [1.29, 1.82) is 0 Å². The molecule has 2 aromatic rings. The largest absolute Gasteiger partial charge is 0.349 e. The lowest BCUT2D eigenvalue weighted by molar-refractivity contribution is 0.0688. The highest BCUT2D eigenvalue weighted by atomic mass is 16.2. The van der Waals surface area contributed by atoms with Crippen molar-refractivity contribution < 1.29 is 4.79 Å². The number of likely N-dealkylation sites (tertiary alicyclic amines) is 1. The molecule has 4 rings (SSSR count). The number of nitrogens with zero attached hydrogens (tertiary/aromatic N) is 2. The van der Waals surface area contributed by atoms with Crippen molar-refractivity contribution >= 4 is 5.91 Å². The molecule has 0 aromatic carbocycles. The van der Waals surface area contributed by atoms with E-state index in [0.717, 1.165) is 43.6 Å². The summed E-state index contributed by atoms with van der Waals surface area (Å²) in [6, 6.07) is 3.60. The Morgan fingerprint density at radius 1 is 1.21 bits per heavy atom. The highest BCUT2D eigenvalue weighted by Gasteiger charge is 2.28. The SMILES string of the molecule is O=C(c1ccc(C2CC2)[nH]c1=O)N1CCC(Cc2ncc[nH]2)CC1. The van der Waals surface area contributed by atoms with Gasteiger partial charge in [-0.15, -0.1) is 0 Å². The van der Waals surface area contributed by atoms with Crippen LogP contribution in [0.3, 0.4) is 0 Å². The lowest BCUT2D eigenvalue weighted by Crippen LogP contribution is -2.41. The maximum absolute atomic E-state index is 12.6. The van der Waals surface area contributed by atoms with Gasteiger partial charge in [-0.3, -0.25) is 9.59 Å². The summed E-state index contributed by atoms with van der Waals surface area (Å²) < 4.78 is 0. The normalized spacial score (nSPS) is 18.8. The van der Waals surface area contributed by atoms with Crippen molar-refractivity contribution in [3.05, 3.63) is 52.0 Å². The van der Waals surface area contributed by atoms with E-state index in [1.54, 1.807) is 17.2 Å². The number of pyridine rings is 1. The summed E-state index contributed by atoms with van der Waals surface area (Å²) in [5.74, 6) is 1.89. The van der Waals surface area contributed by atoms with Crippen molar-refractivity contribution in [1.82, 2.24) is 19.9 Å². The molecule has 1 saturated heterocycles. The van der Waals surface area contributed by atoms with Crippen LogP contribution in [0.1, 0.15) is 53.5 Å². The molecule has 6 nitrogen and oxygen atoms in total. The van der Waals surface area contributed by atoms with Gasteiger partial charge in [0.25, 0.3) is 11.5 Å². The number of aromatic nitrogens is 3. The predicted octanol–water partition coefficient (Wildman–Crippen LogP) is 2.07. The summed E-state index contributed by atoms with van der Waals surface area (Å²) in [7, 11) is 0.